The molecular weight excluding hydrogens is 952 g/mol. The summed E-state index contributed by atoms with van der Waals surface area (Å²) in [4.78, 5) is 48.5. The van der Waals surface area contributed by atoms with Gasteiger partial charge in [-0.2, -0.15) is 0 Å². The molecule has 12 heteroatoms. The number of unbranched alkanes of at least 4 members (excludes halogenated alkanes) is 17. The van der Waals surface area contributed by atoms with Crippen molar-refractivity contribution in [3.05, 3.63) is 109 Å². The number of ether oxygens (including phenoxy) is 3. The van der Waals surface area contributed by atoms with Gasteiger partial charge in [-0.25, -0.2) is 4.57 Å². The highest BCUT2D eigenvalue weighted by Gasteiger charge is 2.28. The third-order valence-electron chi connectivity index (χ3n) is 11.7. The first-order valence-corrected chi connectivity index (χ1v) is 30.3. The molecule has 0 saturated heterocycles. The molecule has 422 valence electrons. The zero-order valence-corrected chi connectivity index (χ0v) is 47.4. The predicted octanol–water partition coefficient (Wildman–Crippen LogP) is 17.0. The number of phosphoric ester groups is 1. The molecule has 3 unspecified atom stereocenters. The second kappa shape index (κ2) is 55.4. The summed E-state index contributed by atoms with van der Waals surface area (Å²) in [6.45, 7) is 4.29. The van der Waals surface area contributed by atoms with Gasteiger partial charge in [0.25, 0.3) is 0 Å². The average molecular weight is 1060 g/mol. The third-order valence-corrected chi connectivity index (χ3v) is 12.6. The number of carbonyl (C=O) groups excluding carboxylic acids is 3. The van der Waals surface area contributed by atoms with Crippen molar-refractivity contribution >= 4 is 25.7 Å². The Balaban J connectivity index is 4.80. The Morgan fingerprint density at radius 2 is 0.703 bits per heavy atom. The lowest BCUT2D eigenvalue weighted by Crippen LogP contribution is -2.30. The second-order valence-corrected chi connectivity index (χ2v) is 20.1. The van der Waals surface area contributed by atoms with E-state index in [0.717, 1.165) is 109 Å². The largest absolute Gasteiger partial charge is 0.472 e. The Morgan fingerprint density at radius 3 is 1.12 bits per heavy atom. The summed E-state index contributed by atoms with van der Waals surface area (Å²) in [6.07, 6.45) is 66.3. The average Bonchev–Trinajstić information content (AvgIpc) is 3.39. The minimum absolute atomic E-state index is 0.107. The summed E-state index contributed by atoms with van der Waals surface area (Å²) in [5, 5.41) is 9.80. The molecule has 0 spiro atoms. The van der Waals surface area contributed by atoms with Crippen LogP contribution in [-0.2, 0) is 42.2 Å². The van der Waals surface area contributed by atoms with E-state index in [4.69, 9.17) is 23.3 Å². The quantitative estimate of drug-likeness (QED) is 0.0197. The van der Waals surface area contributed by atoms with E-state index in [0.29, 0.717) is 19.3 Å². The fraction of sp³-hybridized carbons (Fsp3) is 0.661. The van der Waals surface area contributed by atoms with E-state index in [9.17, 15) is 28.9 Å². The van der Waals surface area contributed by atoms with Crippen LogP contribution in [0, 0.1) is 0 Å². The van der Waals surface area contributed by atoms with Gasteiger partial charge >= 0.3 is 25.7 Å². The monoisotopic (exact) mass is 1050 g/mol. The normalized spacial score (nSPS) is 14.2. The predicted molar refractivity (Wildman–Crippen MR) is 307 cm³/mol. The second-order valence-electron chi connectivity index (χ2n) is 18.7. The molecule has 0 amide bonds. The number of hydrogen-bond donors (Lipinski definition) is 2. The van der Waals surface area contributed by atoms with Crippen LogP contribution in [0.4, 0.5) is 0 Å². The van der Waals surface area contributed by atoms with Crippen LogP contribution < -0.4 is 0 Å². The van der Waals surface area contributed by atoms with Crippen molar-refractivity contribution in [2.24, 2.45) is 0 Å². The van der Waals surface area contributed by atoms with Crippen LogP contribution in [-0.4, -0.2) is 66.5 Å². The van der Waals surface area contributed by atoms with E-state index in [-0.39, 0.29) is 25.9 Å². The standard InChI is InChI=1S/C62H103O11P/c1-4-7-10-13-16-19-22-25-27-28-29-30-32-34-36-39-42-45-48-51-60(64)69-55-59(73-62(66)53-50-47-44-41-38-35-31-26-23-20-17-14-11-8-5-2)57-71-74(67,68)70-56-58(54-63)72-61(65)52-49-46-43-40-37-33-24-21-18-15-12-9-6-3/h8-9,11-12,16-21,25-27,31,33,37-38,41,58-59,63H,4-7,10,13-15,22-24,28-30,32,34-36,39-40,42-57H2,1-3H3,(H,67,68)/b11-8-,12-9-,19-16-,20-17-,21-18-,27-25-,31-26-,37-33-,41-38-. The minimum Gasteiger partial charge on any atom is -0.462 e. The molecule has 74 heavy (non-hydrogen) atoms. The molecule has 11 nitrogen and oxygen atoms in total. The van der Waals surface area contributed by atoms with Crippen molar-refractivity contribution in [1.82, 2.24) is 0 Å². The zero-order chi connectivity index (χ0) is 54.1. The highest BCUT2D eigenvalue weighted by molar-refractivity contribution is 7.47. The van der Waals surface area contributed by atoms with Crippen LogP contribution in [0.5, 0.6) is 0 Å². The highest BCUT2D eigenvalue weighted by atomic mass is 31.2. The van der Waals surface area contributed by atoms with Crippen LogP contribution in [0.3, 0.4) is 0 Å². The molecule has 0 aromatic rings. The van der Waals surface area contributed by atoms with Gasteiger partial charge in [-0.1, -0.05) is 194 Å². The molecule has 0 bridgehead atoms. The van der Waals surface area contributed by atoms with Gasteiger partial charge in [0.15, 0.2) is 6.10 Å². The highest BCUT2D eigenvalue weighted by Crippen LogP contribution is 2.43. The SMILES string of the molecule is CC/C=C\C/C=C\C/C=C\C/C=C\CCCCC(=O)OC(COC(=O)CCCCCCCCCCC/C=C\C/C=C\CCCCC)COP(=O)(O)OCC(CO)OC(=O)CCCCC/C=C\C/C=C\C/C=C\CC. The molecule has 2 N–H and O–H groups in total. The number of hydrogen-bond acceptors (Lipinski definition) is 10. The van der Waals surface area contributed by atoms with Crippen molar-refractivity contribution < 1.29 is 52.2 Å². The number of aliphatic hydroxyl groups is 1. The molecule has 0 aliphatic rings. The molecule has 0 aromatic heterocycles. The van der Waals surface area contributed by atoms with Crippen molar-refractivity contribution in [2.45, 2.75) is 238 Å². The first-order valence-electron chi connectivity index (χ1n) is 28.8. The van der Waals surface area contributed by atoms with Gasteiger partial charge in [0.1, 0.15) is 12.7 Å². The van der Waals surface area contributed by atoms with Gasteiger partial charge in [0, 0.05) is 19.3 Å². The Labute approximate surface area is 450 Å². The van der Waals surface area contributed by atoms with Crippen molar-refractivity contribution in [2.75, 3.05) is 26.4 Å². The first kappa shape index (κ1) is 70.1. The summed E-state index contributed by atoms with van der Waals surface area (Å²) < 4.78 is 39.4. The minimum atomic E-state index is -4.77. The third kappa shape index (κ3) is 53.0. The summed E-state index contributed by atoms with van der Waals surface area (Å²) in [7, 11) is -4.77. The van der Waals surface area contributed by atoms with Crippen LogP contribution >= 0.6 is 7.82 Å². The number of phosphoric acid groups is 1. The van der Waals surface area contributed by atoms with E-state index in [1.807, 2.05) is 0 Å². The van der Waals surface area contributed by atoms with E-state index >= 15 is 0 Å². The number of rotatable bonds is 52. The maximum absolute atomic E-state index is 12.9. The van der Waals surface area contributed by atoms with E-state index in [2.05, 4.69) is 130 Å². The maximum atomic E-state index is 12.9. The van der Waals surface area contributed by atoms with E-state index < -0.39 is 57.8 Å². The molecular formula is C62H103O11P. The Hall–Kier alpha value is -3.86. The number of esters is 3. The maximum Gasteiger partial charge on any atom is 0.472 e. The van der Waals surface area contributed by atoms with Gasteiger partial charge in [-0.3, -0.25) is 23.4 Å². The molecule has 0 aliphatic heterocycles. The van der Waals surface area contributed by atoms with Crippen molar-refractivity contribution in [1.29, 1.82) is 0 Å². The Bertz CT molecular complexity index is 1660. The van der Waals surface area contributed by atoms with Crippen LogP contribution in [0.1, 0.15) is 226 Å². The van der Waals surface area contributed by atoms with E-state index in [1.165, 1.54) is 57.8 Å². The molecule has 0 heterocycles. The van der Waals surface area contributed by atoms with Crippen LogP contribution in [0.2, 0.25) is 0 Å². The van der Waals surface area contributed by atoms with Gasteiger partial charge in [0.05, 0.1) is 19.8 Å². The lowest BCUT2D eigenvalue weighted by atomic mass is 10.1. The summed E-state index contributed by atoms with van der Waals surface area (Å²) in [5.74, 6) is -1.56. The Kier molecular flexibility index (Phi) is 52.5. The molecule has 3 atom stereocenters. The molecule has 0 rings (SSSR count). The van der Waals surface area contributed by atoms with E-state index in [1.54, 1.807) is 0 Å². The lowest BCUT2D eigenvalue weighted by molar-refractivity contribution is -0.161. The topological polar surface area (TPSA) is 155 Å². The molecule has 0 radical (unpaired) electrons. The first-order chi connectivity index (χ1) is 36.2. The van der Waals surface area contributed by atoms with Crippen molar-refractivity contribution in [3.63, 3.8) is 0 Å². The summed E-state index contributed by atoms with van der Waals surface area (Å²) in [5.41, 5.74) is 0. The van der Waals surface area contributed by atoms with Crippen molar-refractivity contribution in [3.8, 4) is 0 Å². The number of allylic oxidation sites excluding steroid dienone is 18. The lowest BCUT2D eigenvalue weighted by Gasteiger charge is -2.21. The smallest absolute Gasteiger partial charge is 0.462 e. The molecule has 0 saturated carbocycles. The van der Waals surface area contributed by atoms with Crippen LogP contribution in [0.25, 0.3) is 0 Å². The molecule has 0 fully saturated rings. The number of aliphatic hydroxyl groups excluding tert-OH is 1. The number of carbonyl (C=O) groups is 3. The van der Waals surface area contributed by atoms with Gasteiger partial charge in [0.2, 0.25) is 0 Å². The zero-order valence-electron chi connectivity index (χ0n) is 46.5. The molecule has 0 aliphatic carbocycles. The fourth-order valence-electron chi connectivity index (χ4n) is 7.33. The summed E-state index contributed by atoms with van der Waals surface area (Å²) >= 11 is 0. The van der Waals surface area contributed by atoms with Gasteiger partial charge in [-0.05, 0) is 122 Å². The Morgan fingerprint density at radius 1 is 0.392 bits per heavy atom. The molecule has 0 aromatic carbocycles. The summed E-state index contributed by atoms with van der Waals surface area (Å²) in [6, 6.07) is 0. The fourth-order valence-corrected chi connectivity index (χ4v) is 8.12. The van der Waals surface area contributed by atoms with Crippen LogP contribution in [0.15, 0.2) is 109 Å². The van der Waals surface area contributed by atoms with Gasteiger partial charge < -0.3 is 24.2 Å². The van der Waals surface area contributed by atoms with Gasteiger partial charge in [-0.15, -0.1) is 0 Å².